The van der Waals surface area contributed by atoms with Crippen LogP contribution in [0.4, 0.5) is 4.79 Å². The van der Waals surface area contributed by atoms with Gasteiger partial charge in [-0.2, -0.15) is 0 Å². The molecule has 2 heterocycles. The van der Waals surface area contributed by atoms with E-state index in [9.17, 15) is 19.2 Å². The van der Waals surface area contributed by atoms with Crippen molar-refractivity contribution in [1.29, 1.82) is 0 Å². The Balaban J connectivity index is 2.20. The molecule has 0 aliphatic carbocycles. The van der Waals surface area contributed by atoms with Gasteiger partial charge in [0.2, 0.25) is 11.8 Å². The van der Waals surface area contributed by atoms with Gasteiger partial charge in [-0.15, -0.1) is 6.58 Å². The lowest BCUT2D eigenvalue weighted by molar-refractivity contribution is -0.130. The number of aryl methyl sites for hydroxylation is 1. The van der Waals surface area contributed by atoms with Crippen molar-refractivity contribution in [3.63, 3.8) is 0 Å². The van der Waals surface area contributed by atoms with Crippen molar-refractivity contribution in [3.8, 4) is 0 Å². The number of nitrogens with one attached hydrogen (secondary N) is 3. The fraction of sp³-hybridized carbons (Fsp3) is 0.524. The quantitative estimate of drug-likeness (QED) is 0.411. The second-order valence-corrected chi connectivity index (χ2v) is 8.15. The summed E-state index contributed by atoms with van der Waals surface area (Å²) in [7, 11) is 1.74. The lowest BCUT2D eigenvalue weighted by Gasteiger charge is -2.26. The summed E-state index contributed by atoms with van der Waals surface area (Å²) < 4.78 is 1.67. The molecular weight excluding hydrogens is 400 g/mol. The van der Waals surface area contributed by atoms with E-state index < -0.39 is 36.0 Å². The van der Waals surface area contributed by atoms with E-state index in [0.717, 1.165) is 0 Å². The molecule has 3 atom stereocenters. The average molecular weight is 433 g/mol. The first-order chi connectivity index (χ1) is 14.6. The number of nitrogens with zero attached hydrogens (tertiary/aromatic N) is 2. The molecule has 1 aromatic rings. The van der Waals surface area contributed by atoms with Gasteiger partial charge >= 0.3 is 6.03 Å². The van der Waals surface area contributed by atoms with Crippen LogP contribution in [0, 0.1) is 5.92 Å². The average Bonchev–Trinajstić information content (AvgIpc) is 3.31. The zero-order valence-electron chi connectivity index (χ0n) is 18.3. The Morgan fingerprint density at radius 2 is 2.03 bits per heavy atom. The Hall–Kier alpha value is -3.30. The third-order valence-electron chi connectivity index (χ3n) is 5.14. The predicted octanol–water partition coefficient (Wildman–Crippen LogP) is 0.110. The van der Waals surface area contributed by atoms with Gasteiger partial charge in [0.15, 0.2) is 0 Å². The molecule has 5 N–H and O–H groups in total. The van der Waals surface area contributed by atoms with Gasteiger partial charge in [-0.25, -0.2) is 4.79 Å². The normalized spacial score (nSPS) is 19.0. The first-order valence-corrected chi connectivity index (χ1v) is 10.3. The highest BCUT2D eigenvalue weighted by Gasteiger charge is 2.41. The molecular formula is C21H32N6O4. The molecule has 3 unspecified atom stereocenters. The highest BCUT2D eigenvalue weighted by molar-refractivity contribution is 5.98. The van der Waals surface area contributed by atoms with E-state index in [1.165, 1.54) is 4.90 Å². The summed E-state index contributed by atoms with van der Waals surface area (Å²) in [5, 5.41) is 8.08. The molecule has 1 aliphatic heterocycles. The summed E-state index contributed by atoms with van der Waals surface area (Å²) in [6.45, 7) is 7.85. The van der Waals surface area contributed by atoms with E-state index in [2.05, 4.69) is 22.5 Å². The maximum atomic E-state index is 13.1. The molecule has 31 heavy (non-hydrogen) atoms. The fourth-order valence-electron chi connectivity index (χ4n) is 3.63. The SMILES string of the molecule is C=CCNC(=O)NC1CC(C(=O)NC(CC(C)C)C(N)=O)N(C(=O)c2cccn2C)C1. The number of urea groups is 1. The molecule has 2 rings (SSSR count). The largest absolute Gasteiger partial charge is 0.368 e. The van der Waals surface area contributed by atoms with Gasteiger partial charge in [0, 0.05) is 26.3 Å². The Bertz CT molecular complexity index is 834. The van der Waals surface area contributed by atoms with Crippen LogP contribution in [0.5, 0.6) is 0 Å². The molecule has 0 saturated carbocycles. The van der Waals surface area contributed by atoms with Crippen LogP contribution in [-0.2, 0) is 16.6 Å². The number of rotatable bonds is 9. The molecule has 5 amide bonds. The van der Waals surface area contributed by atoms with Crippen molar-refractivity contribution in [2.75, 3.05) is 13.1 Å². The van der Waals surface area contributed by atoms with E-state index in [-0.39, 0.29) is 24.8 Å². The first kappa shape index (κ1) is 24.0. The van der Waals surface area contributed by atoms with E-state index in [0.29, 0.717) is 18.7 Å². The number of hydrogen-bond acceptors (Lipinski definition) is 4. The predicted molar refractivity (Wildman–Crippen MR) is 116 cm³/mol. The summed E-state index contributed by atoms with van der Waals surface area (Å²) in [5.74, 6) is -1.28. The Morgan fingerprint density at radius 3 is 2.58 bits per heavy atom. The Morgan fingerprint density at radius 1 is 1.32 bits per heavy atom. The molecule has 10 heteroatoms. The van der Waals surface area contributed by atoms with Gasteiger partial charge < -0.3 is 31.2 Å². The second-order valence-electron chi connectivity index (χ2n) is 8.15. The van der Waals surface area contributed by atoms with Crippen molar-refractivity contribution in [3.05, 3.63) is 36.7 Å². The molecule has 0 spiro atoms. The van der Waals surface area contributed by atoms with Crippen LogP contribution >= 0.6 is 0 Å². The molecule has 10 nitrogen and oxygen atoms in total. The van der Waals surface area contributed by atoms with Crippen molar-refractivity contribution in [2.45, 2.75) is 44.8 Å². The number of carbonyl (C=O) groups excluding carboxylic acids is 4. The van der Waals surface area contributed by atoms with Crippen LogP contribution in [0.1, 0.15) is 37.2 Å². The molecule has 170 valence electrons. The van der Waals surface area contributed by atoms with Crippen molar-refractivity contribution < 1.29 is 19.2 Å². The smallest absolute Gasteiger partial charge is 0.315 e. The molecule has 0 aromatic carbocycles. The zero-order chi connectivity index (χ0) is 23.1. The van der Waals surface area contributed by atoms with Crippen LogP contribution in [0.15, 0.2) is 31.0 Å². The monoisotopic (exact) mass is 432 g/mol. The molecule has 1 aromatic heterocycles. The second kappa shape index (κ2) is 10.6. The highest BCUT2D eigenvalue weighted by atomic mass is 16.2. The van der Waals surface area contributed by atoms with Crippen molar-refractivity contribution in [2.24, 2.45) is 18.7 Å². The van der Waals surface area contributed by atoms with Gasteiger partial charge in [0.25, 0.3) is 5.91 Å². The summed E-state index contributed by atoms with van der Waals surface area (Å²) >= 11 is 0. The fourth-order valence-corrected chi connectivity index (χ4v) is 3.63. The van der Waals surface area contributed by atoms with Gasteiger partial charge in [-0.3, -0.25) is 14.4 Å². The summed E-state index contributed by atoms with van der Waals surface area (Å²) in [6.07, 6.45) is 3.90. The van der Waals surface area contributed by atoms with Gasteiger partial charge in [-0.1, -0.05) is 19.9 Å². The number of primary amides is 1. The van der Waals surface area contributed by atoms with E-state index in [1.807, 2.05) is 13.8 Å². The number of nitrogens with two attached hydrogens (primary N) is 1. The van der Waals surface area contributed by atoms with Gasteiger partial charge in [0.05, 0.1) is 6.04 Å². The summed E-state index contributed by atoms with van der Waals surface area (Å²) in [4.78, 5) is 51.5. The summed E-state index contributed by atoms with van der Waals surface area (Å²) in [5.41, 5.74) is 5.87. The van der Waals surface area contributed by atoms with E-state index in [4.69, 9.17) is 5.73 Å². The third kappa shape index (κ3) is 6.34. The number of hydrogen-bond donors (Lipinski definition) is 4. The van der Waals surface area contributed by atoms with E-state index in [1.54, 1.807) is 36.0 Å². The topological polar surface area (TPSA) is 139 Å². The first-order valence-electron chi connectivity index (χ1n) is 10.3. The lowest BCUT2D eigenvalue weighted by Crippen LogP contribution is -2.52. The minimum absolute atomic E-state index is 0.144. The molecule has 1 fully saturated rings. The standard InChI is InChI=1S/C21H32N6O4/c1-5-8-23-21(31)24-14-11-17(19(29)25-15(18(22)28)10-13(2)3)27(12-14)20(30)16-7-6-9-26(16)4/h5-7,9,13-15,17H,1,8,10-12H2,2-4H3,(H2,22,28)(H,25,29)(H2,23,24,31). The number of aromatic nitrogens is 1. The van der Waals surface area contributed by atoms with Crippen LogP contribution in [0.25, 0.3) is 0 Å². The van der Waals surface area contributed by atoms with Crippen LogP contribution in [0.3, 0.4) is 0 Å². The van der Waals surface area contributed by atoms with Gasteiger partial charge in [-0.05, 0) is 30.9 Å². The van der Waals surface area contributed by atoms with E-state index >= 15 is 0 Å². The Kier molecular flexibility index (Phi) is 8.23. The zero-order valence-corrected chi connectivity index (χ0v) is 18.3. The number of amides is 5. The highest BCUT2D eigenvalue weighted by Crippen LogP contribution is 2.22. The van der Waals surface area contributed by atoms with Gasteiger partial charge in [0.1, 0.15) is 17.8 Å². The maximum absolute atomic E-state index is 13.1. The Labute approximate surface area is 182 Å². The summed E-state index contributed by atoms with van der Waals surface area (Å²) in [6, 6.07) is 0.889. The maximum Gasteiger partial charge on any atom is 0.315 e. The lowest BCUT2D eigenvalue weighted by atomic mass is 10.0. The number of likely N-dealkylation sites (tertiary alicyclic amines) is 1. The van der Waals surface area contributed by atoms with Crippen LogP contribution in [-0.4, -0.2) is 64.4 Å². The molecule has 0 radical (unpaired) electrons. The number of carbonyl (C=O) groups is 4. The molecule has 1 saturated heterocycles. The molecule has 0 bridgehead atoms. The van der Waals surface area contributed by atoms with Crippen LogP contribution in [0.2, 0.25) is 0 Å². The van der Waals surface area contributed by atoms with Crippen molar-refractivity contribution >= 4 is 23.8 Å². The van der Waals surface area contributed by atoms with Crippen LogP contribution < -0.4 is 21.7 Å². The minimum Gasteiger partial charge on any atom is -0.368 e. The third-order valence-corrected chi connectivity index (χ3v) is 5.14. The van der Waals surface area contributed by atoms with Crippen molar-refractivity contribution in [1.82, 2.24) is 25.4 Å². The molecule has 1 aliphatic rings. The minimum atomic E-state index is -0.846.